The molecule has 0 aromatic rings. The Balaban J connectivity index is 2.10. The topological polar surface area (TPSA) is 34.1 Å². The fraction of sp³-hybridized carbons (Fsp3) is 0.455. The maximum absolute atomic E-state index is 11.8. The second-order valence-corrected chi connectivity index (χ2v) is 4.67. The molecule has 4 atom stereocenters. The first-order valence-electron chi connectivity index (χ1n) is 4.82. The van der Waals surface area contributed by atoms with E-state index in [4.69, 9.17) is 11.6 Å². The summed E-state index contributed by atoms with van der Waals surface area (Å²) in [4.78, 5) is 23.4. The minimum Gasteiger partial charge on any atom is -0.294 e. The minimum absolute atomic E-state index is 0.0342. The van der Waals surface area contributed by atoms with Crippen LogP contribution >= 0.6 is 11.6 Å². The van der Waals surface area contributed by atoms with Gasteiger partial charge in [-0.15, -0.1) is 0 Å². The molecule has 0 radical (unpaired) electrons. The monoisotopic (exact) mass is 208 g/mol. The molecule has 0 spiro atoms. The van der Waals surface area contributed by atoms with Crippen molar-refractivity contribution in [2.75, 3.05) is 0 Å². The third-order valence-electron chi connectivity index (χ3n) is 3.59. The molecule has 1 saturated carbocycles. The van der Waals surface area contributed by atoms with E-state index in [-0.39, 0.29) is 40.3 Å². The largest absolute Gasteiger partial charge is 0.294 e. The zero-order valence-corrected chi connectivity index (χ0v) is 8.20. The second kappa shape index (κ2) is 2.57. The zero-order chi connectivity index (χ0) is 9.87. The maximum Gasteiger partial charge on any atom is 0.178 e. The van der Waals surface area contributed by atoms with Crippen molar-refractivity contribution in [3.8, 4) is 0 Å². The van der Waals surface area contributed by atoms with Crippen LogP contribution in [0.4, 0.5) is 0 Å². The molecule has 3 aliphatic carbocycles. The van der Waals surface area contributed by atoms with Gasteiger partial charge in [-0.25, -0.2) is 0 Å². The summed E-state index contributed by atoms with van der Waals surface area (Å²) >= 11 is 5.73. The predicted molar refractivity (Wildman–Crippen MR) is 51.7 cm³/mol. The standard InChI is InChI=1S/C11H9ClO2/c12-7-4-8(13)9-5-1-2-6(3-5)10(9)11(7)14/h1-2,4-6,9-10H,3H2/t5-,6+,9+,10+/m1/s1. The zero-order valence-electron chi connectivity index (χ0n) is 7.44. The van der Waals surface area contributed by atoms with Gasteiger partial charge in [0.2, 0.25) is 0 Å². The summed E-state index contributed by atoms with van der Waals surface area (Å²) in [6.45, 7) is 0. The van der Waals surface area contributed by atoms with Gasteiger partial charge in [-0.2, -0.15) is 0 Å². The number of fused-ring (bicyclic) bond motifs is 5. The number of hydrogen-bond donors (Lipinski definition) is 0. The van der Waals surface area contributed by atoms with Crippen LogP contribution in [0.2, 0.25) is 0 Å². The molecule has 1 fully saturated rings. The minimum atomic E-state index is -0.157. The number of Topliss-reactive ketones (excluding diaryl/α,β-unsaturated/α-hetero) is 1. The van der Waals surface area contributed by atoms with E-state index in [1.165, 1.54) is 6.08 Å². The van der Waals surface area contributed by atoms with E-state index in [9.17, 15) is 9.59 Å². The van der Waals surface area contributed by atoms with E-state index < -0.39 is 0 Å². The molecule has 0 aliphatic heterocycles. The van der Waals surface area contributed by atoms with Gasteiger partial charge < -0.3 is 0 Å². The summed E-state index contributed by atoms with van der Waals surface area (Å²) in [5.41, 5.74) is 0. The van der Waals surface area contributed by atoms with Crippen molar-refractivity contribution in [2.24, 2.45) is 23.7 Å². The van der Waals surface area contributed by atoms with Crippen molar-refractivity contribution >= 4 is 23.2 Å². The van der Waals surface area contributed by atoms with E-state index in [0.717, 1.165) is 6.42 Å². The smallest absolute Gasteiger partial charge is 0.178 e. The molecule has 0 aromatic heterocycles. The molecule has 0 saturated heterocycles. The van der Waals surface area contributed by atoms with Crippen LogP contribution in [0, 0.1) is 23.7 Å². The molecule has 3 heteroatoms. The predicted octanol–water partition coefficient (Wildman–Crippen LogP) is 1.70. The molecular formula is C11H9ClO2. The average Bonchev–Trinajstić information content (AvgIpc) is 2.73. The number of hydrogen-bond acceptors (Lipinski definition) is 2. The molecule has 14 heavy (non-hydrogen) atoms. The highest BCUT2D eigenvalue weighted by Gasteiger charge is 2.52. The Morgan fingerprint density at radius 2 is 1.79 bits per heavy atom. The van der Waals surface area contributed by atoms with Crippen LogP contribution in [0.15, 0.2) is 23.3 Å². The van der Waals surface area contributed by atoms with Crippen molar-refractivity contribution in [2.45, 2.75) is 6.42 Å². The van der Waals surface area contributed by atoms with Crippen molar-refractivity contribution in [3.63, 3.8) is 0 Å². The summed E-state index contributed by atoms with van der Waals surface area (Å²) in [5, 5.41) is 0.122. The fourth-order valence-corrected chi connectivity index (χ4v) is 3.25. The lowest BCUT2D eigenvalue weighted by Gasteiger charge is -2.27. The normalized spacial score (nSPS) is 44.2. The van der Waals surface area contributed by atoms with Gasteiger partial charge >= 0.3 is 0 Å². The first-order valence-corrected chi connectivity index (χ1v) is 5.20. The highest BCUT2D eigenvalue weighted by Crippen LogP contribution is 2.51. The van der Waals surface area contributed by atoms with E-state index in [1.54, 1.807) is 0 Å². The summed E-state index contributed by atoms with van der Waals surface area (Å²) in [6, 6.07) is 0. The molecule has 72 valence electrons. The van der Waals surface area contributed by atoms with E-state index in [0.29, 0.717) is 0 Å². The Labute approximate surface area is 86.6 Å². The summed E-state index contributed by atoms with van der Waals surface area (Å²) < 4.78 is 0. The lowest BCUT2D eigenvalue weighted by atomic mass is 9.75. The van der Waals surface area contributed by atoms with Crippen molar-refractivity contribution in [3.05, 3.63) is 23.3 Å². The van der Waals surface area contributed by atoms with Gasteiger partial charge in [-0.05, 0) is 18.3 Å². The lowest BCUT2D eigenvalue weighted by molar-refractivity contribution is -0.129. The van der Waals surface area contributed by atoms with Gasteiger partial charge in [0.1, 0.15) is 0 Å². The molecular weight excluding hydrogens is 200 g/mol. The van der Waals surface area contributed by atoms with Crippen LogP contribution in [0.25, 0.3) is 0 Å². The number of carbonyl (C=O) groups is 2. The third kappa shape index (κ3) is 0.871. The van der Waals surface area contributed by atoms with Gasteiger partial charge in [-0.3, -0.25) is 9.59 Å². The molecule has 3 aliphatic rings. The van der Waals surface area contributed by atoms with Gasteiger partial charge in [0.15, 0.2) is 11.6 Å². The number of halogens is 1. The number of carbonyl (C=O) groups excluding carboxylic acids is 2. The Morgan fingerprint density at radius 3 is 2.50 bits per heavy atom. The Kier molecular flexibility index (Phi) is 1.55. The highest BCUT2D eigenvalue weighted by atomic mass is 35.5. The van der Waals surface area contributed by atoms with Crippen LogP contribution in [-0.4, -0.2) is 11.6 Å². The second-order valence-electron chi connectivity index (χ2n) is 4.26. The molecule has 3 rings (SSSR count). The molecule has 2 bridgehead atoms. The third-order valence-corrected chi connectivity index (χ3v) is 3.89. The maximum atomic E-state index is 11.8. The van der Waals surface area contributed by atoms with E-state index in [2.05, 4.69) is 12.2 Å². The fourth-order valence-electron chi connectivity index (χ4n) is 3.02. The van der Waals surface area contributed by atoms with Crippen molar-refractivity contribution in [1.29, 1.82) is 0 Å². The van der Waals surface area contributed by atoms with Gasteiger partial charge in [0, 0.05) is 17.9 Å². The number of allylic oxidation sites excluding steroid dienone is 4. The first-order chi connectivity index (χ1) is 6.68. The van der Waals surface area contributed by atoms with E-state index >= 15 is 0 Å². The SMILES string of the molecule is O=C1C(Cl)=CC(=O)[C@H]2[C@@H]1[C@H]1C=C[C@@H]2C1. The quantitative estimate of drug-likeness (QED) is 0.568. The van der Waals surface area contributed by atoms with Crippen LogP contribution in [0.3, 0.4) is 0 Å². The highest BCUT2D eigenvalue weighted by molar-refractivity contribution is 6.45. The van der Waals surface area contributed by atoms with Crippen LogP contribution in [-0.2, 0) is 9.59 Å². The number of ketones is 2. The van der Waals surface area contributed by atoms with Crippen molar-refractivity contribution in [1.82, 2.24) is 0 Å². The van der Waals surface area contributed by atoms with Crippen LogP contribution in [0.1, 0.15) is 6.42 Å². The lowest BCUT2D eigenvalue weighted by Crippen LogP contribution is -2.36. The van der Waals surface area contributed by atoms with Gasteiger partial charge in [0.05, 0.1) is 5.03 Å². The van der Waals surface area contributed by atoms with Gasteiger partial charge in [0.25, 0.3) is 0 Å². The summed E-state index contributed by atoms with van der Waals surface area (Å²) in [5.74, 6) is 0.269. The van der Waals surface area contributed by atoms with Crippen molar-refractivity contribution < 1.29 is 9.59 Å². The molecule has 0 N–H and O–H groups in total. The molecule has 0 amide bonds. The summed E-state index contributed by atoms with van der Waals surface area (Å²) in [6.07, 6.45) is 6.39. The van der Waals surface area contributed by atoms with Gasteiger partial charge in [-0.1, -0.05) is 23.8 Å². The number of rotatable bonds is 0. The Hall–Kier alpha value is -0.890. The van der Waals surface area contributed by atoms with E-state index in [1.807, 2.05) is 0 Å². The average molecular weight is 209 g/mol. The molecule has 0 heterocycles. The Morgan fingerprint density at radius 1 is 1.14 bits per heavy atom. The summed E-state index contributed by atoms with van der Waals surface area (Å²) in [7, 11) is 0. The Bertz CT molecular complexity index is 394. The molecule has 0 aromatic carbocycles. The van der Waals surface area contributed by atoms with Crippen LogP contribution < -0.4 is 0 Å². The molecule has 2 nitrogen and oxygen atoms in total. The molecule has 0 unspecified atom stereocenters. The van der Waals surface area contributed by atoms with Crippen LogP contribution in [0.5, 0.6) is 0 Å². The first kappa shape index (κ1) is 8.42.